The number of amides is 1. The highest BCUT2D eigenvalue weighted by Gasteiger charge is 2.12. The summed E-state index contributed by atoms with van der Waals surface area (Å²) in [5.74, 6) is -0.180. The van der Waals surface area contributed by atoms with Crippen molar-refractivity contribution in [1.29, 1.82) is 0 Å². The number of thiazole rings is 1. The van der Waals surface area contributed by atoms with Gasteiger partial charge < -0.3 is 11.5 Å². The molecule has 0 spiro atoms. The summed E-state index contributed by atoms with van der Waals surface area (Å²) in [6.07, 6.45) is 0. The van der Waals surface area contributed by atoms with Gasteiger partial charge in [-0.05, 0) is 12.1 Å². The molecule has 4 nitrogen and oxygen atoms in total. The Kier molecular flexibility index (Phi) is 4.11. The van der Waals surface area contributed by atoms with Crippen molar-refractivity contribution in [2.24, 2.45) is 5.73 Å². The highest BCUT2D eigenvalue weighted by Crippen LogP contribution is 2.35. The van der Waals surface area contributed by atoms with Crippen LogP contribution in [0, 0.1) is 0 Å². The number of hydrogen-bond acceptors (Lipinski definition) is 5. The van der Waals surface area contributed by atoms with Crippen LogP contribution in [0.15, 0.2) is 28.6 Å². The molecule has 0 fully saturated rings. The lowest BCUT2D eigenvalue weighted by molar-refractivity contribution is -0.115. The molecule has 0 radical (unpaired) electrons. The monoisotopic (exact) mass is 299 g/mol. The second-order valence-corrected chi connectivity index (χ2v) is 6.15. The van der Waals surface area contributed by atoms with E-state index < -0.39 is 0 Å². The second kappa shape index (κ2) is 5.60. The molecule has 2 rings (SSSR count). The molecule has 0 unspecified atom stereocenters. The van der Waals surface area contributed by atoms with E-state index in [1.54, 1.807) is 12.1 Å². The Morgan fingerprint density at radius 2 is 2.28 bits per heavy atom. The summed E-state index contributed by atoms with van der Waals surface area (Å²) in [7, 11) is 0. The van der Waals surface area contributed by atoms with E-state index in [0.29, 0.717) is 15.7 Å². The molecule has 0 bridgehead atoms. The molecule has 0 atom stereocenters. The van der Waals surface area contributed by atoms with Gasteiger partial charge in [0.2, 0.25) is 5.91 Å². The fourth-order valence-corrected chi connectivity index (χ4v) is 3.23. The van der Waals surface area contributed by atoms with Crippen molar-refractivity contribution in [3.8, 4) is 11.3 Å². The second-order valence-electron chi connectivity index (χ2n) is 3.46. The molecule has 1 amide bonds. The van der Waals surface area contributed by atoms with Crippen molar-refractivity contribution in [1.82, 2.24) is 4.98 Å². The summed E-state index contributed by atoms with van der Waals surface area (Å²) in [6, 6.07) is 7.32. The van der Waals surface area contributed by atoms with Gasteiger partial charge in [0.05, 0.1) is 5.75 Å². The highest BCUT2D eigenvalue weighted by atomic mass is 35.5. The first-order valence-electron chi connectivity index (χ1n) is 4.99. The summed E-state index contributed by atoms with van der Waals surface area (Å²) >= 11 is 8.54. The van der Waals surface area contributed by atoms with E-state index in [1.165, 1.54) is 23.1 Å². The number of halogens is 1. The molecule has 0 aliphatic carbocycles. The summed E-state index contributed by atoms with van der Waals surface area (Å²) in [6.45, 7) is 0. The predicted octanol–water partition coefficient (Wildman–Crippen LogP) is 2.62. The van der Waals surface area contributed by atoms with E-state index in [4.69, 9.17) is 23.1 Å². The lowest BCUT2D eigenvalue weighted by Crippen LogP contribution is -2.12. The van der Waals surface area contributed by atoms with Gasteiger partial charge in [-0.15, -0.1) is 0 Å². The van der Waals surface area contributed by atoms with Crippen LogP contribution < -0.4 is 11.5 Å². The summed E-state index contributed by atoms with van der Waals surface area (Å²) < 4.78 is 0.723. The maximum atomic E-state index is 10.7. The van der Waals surface area contributed by atoms with Gasteiger partial charge in [0.25, 0.3) is 0 Å². The number of aromatic nitrogens is 1. The van der Waals surface area contributed by atoms with Gasteiger partial charge in [0, 0.05) is 10.6 Å². The Labute approximate surface area is 117 Å². The molecule has 2 aromatic rings. The van der Waals surface area contributed by atoms with Crippen molar-refractivity contribution in [2.75, 3.05) is 11.5 Å². The van der Waals surface area contributed by atoms with Crippen molar-refractivity contribution < 1.29 is 4.79 Å². The molecule has 0 aliphatic rings. The summed E-state index contributed by atoms with van der Waals surface area (Å²) in [4.78, 5) is 15.1. The minimum atomic E-state index is -0.377. The van der Waals surface area contributed by atoms with Gasteiger partial charge in [0.15, 0.2) is 4.34 Å². The number of carbonyl (C=O) groups excluding carboxylic acids is 1. The zero-order valence-corrected chi connectivity index (χ0v) is 11.6. The minimum absolute atomic E-state index is 0.196. The number of nitrogens with zero attached hydrogens (tertiary/aromatic N) is 1. The third kappa shape index (κ3) is 3.16. The Morgan fingerprint density at radius 3 is 2.94 bits per heavy atom. The van der Waals surface area contributed by atoms with Crippen LogP contribution >= 0.6 is 34.7 Å². The summed E-state index contributed by atoms with van der Waals surface area (Å²) in [5, 5.41) is 1.23. The van der Waals surface area contributed by atoms with Gasteiger partial charge >= 0.3 is 0 Å². The number of primary amides is 1. The molecule has 1 heterocycles. The van der Waals surface area contributed by atoms with E-state index in [2.05, 4.69) is 4.98 Å². The topological polar surface area (TPSA) is 82.0 Å². The average molecular weight is 300 g/mol. The zero-order valence-electron chi connectivity index (χ0n) is 9.22. The normalized spacial score (nSPS) is 10.5. The van der Waals surface area contributed by atoms with Crippen LogP contribution in [0.4, 0.5) is 5.00 Å². The third-order valence-electron chi connectivity index (χ3n) is 2.07. The SMILES string of the molecule is NC(=O)CSc1nc(-c2cccc(Cl)c2)c(N)s1. The van der Waals surface area contributed by atoms with Gasteiger partial charge in [-0.25, -0.2) is 4.98 Å². The molecule has 18 heavy (non-hydrogen) atoms. The highest BCUT2D eigenvalue weighted by molar-refractivity contribution is 8.01. The number of nitrogen functional groups attached to an aromatic ring is 1. The Hall–Kier alpha value is -1.24. The standard InChI is InChI=1S/C11H10ClN3OS2/c12-7-3-1-2-6(4-7)9-10(14)18-11(15-9)17-5-8(13)16/h1-4H,5,14H2,(H2,13,16). The predicted molar refractivity (Wildman–Crippen MR) is 76.9 cm³/mol. The number of carbonyl (C=O) groups is 1. The average Bonchev–Trinajstić information content (AvgIpc) is 2.68. The molecule has 7 heteroatoms. The molecule has 94 valence electrons. The molecule has 1 aromatic heterocycles. The van der Waals surface area contributed by atoms with Crippen molar-refractivity contribution in [3.05, 3.63) is 29.3 Å². The van der Waals surface area contributed by atoms with Crippen molar-refractivity contribution in [2.45, 2.75) is 4.34 Å². The fourth-order valence-electron chi connectivity index (χ4n) is 1.35. The first-order chi connectivity index (χ1) is 8.56. The Balaban J connectivity index is 2.26. The van der Waals surface area contributed by atoms with Crippen LogP contribution in [0.3, 0.4) is 0 Å². The van der Waals surface area contributed by atoms with Gasteiger partial charge in [-0.2, -0.15) is 0 Å². The first-order valence-corrected chi connectivity index (χ1v) is 7.17. The van der Waals surface area contributed by atoms with Gasteiger partial charge in [0.1, 0.15) is 10.7 Å². The molecular weight excluding hydrogens is 290 g/mol. The van der Waals surface area contributed by atoms with Gasteiger partial charge in [-0.3, -0.25) is 4.79 Å². The largest absolute Gasteiger partial charge is 0.389 e. The number of nitrogens with two attached hydrogens (primary N) is 2. The van der Waals surface area contributed by atoms with E-state index in [9.17, 15) is 4.79 Å². The summed E-state index contributed by atoms with van der Waals surface area (Å²) in [5.41, 5.74) is 12.6. The van der Waals surface area contributed by atoms with Crippen LogP contribution in [-0.2, 0) is 4.79 Å². The first kappa shape index (κ1) is 13.2. The lowest BCUT2D eigenvalue weighted by atomic mass is 10.2. The smallest absolute Gasteiger partial charge is 0.227 e. The molecule has 0 saturated heterocycles. The van der Waals surface area contributed by atoms with Crippen molar-refractivity contribution >= 4 is 45.6 Å². The number of hydrogen-bond donors (Lipinski definition) is 2. The number of thioether (sulfide) groups is 1. The number of rotatable bonds is 4. The Bertz CT molecular complexity index is 585. The maximum Gasteiger partial charge on any atom is 0.227 e. The molecule has 0 saturated carbocycles. The molecule has 4 N–H and O–H groups in total. The molecule has 1 aromatic carbocycles. The van der Waals surface area contributed by atoms with E-state index >= 15 is 0 Å². The van der Waals surface area contributed by atoms with Crippen LogP contribution in [-0.4, -0.2) is 16.6 Å². The number of benzene rings is 1. The lowest BCUT2D eigenvalue weighted by Gasteiger charge is -1.98. The Morgan fingerprint density at radius 1 is 1.50 bits per heavy atom. The van der Waals surface area contributed by atoms with Crippen LogP contribution in [0.2, 0.25) is 5.02 Å². The van der Waals surface area contributed by atoms with E-state index in [1.807, 2.05) is 12.1 Å². The van der Waals surface area contributed by atoms with Crippen LogP contribution in [0.25, 0.3) is 11.3 Å². The molecular formula is C11H10ClN3OS2. The van der Waals surface area contributed by atoms with E-state index in [-0.39, 0.29) is 11.7 Å². The number of anilines is 1. The minimum Gasteiger partial charge on any atom is -0.389 e. The van der Waals surface area contributed by atoms with E-state index in [0.717, 1.165) is 9.90 Å². The molecule has 0 aliphatic heterocycles. The fraction of sp³-hybridized carbons (Fsp3) is 0.0909. The van der Waals surface area contributed by atoms with Crippen molar-refractivity contribution in [3.63, 3.8) is 0 Å². The van der Waals surface area contributed by atoms with Gasteiger partial charge in [-0.1, -0.05) is 46.8 Å². The quantitative estimate of drug-likeness (QED) is 0.850. The maximum absolute atomic E-state index is 10.7. The zero-order chi connectivity index (χ0) is 13.1. The van der Waals surface area contributed by atoms with Crippen LogP contribution in [0.1, 0.15) is 0 Å². The third-order valence-corrected chi connectivity index (χ3v) is 4.35. The van der Waals surface area contributed by atoms with Crippen LogP contribution in [0.5, 0.6) is 0 Å².